The topological polar surface area (TPSA) is 99.2 Å². The van der Waals surface area contributed by atoms with Gasteiger partial charge < -0.3 is 10.6 Å². The molecule has 10 heteroatoms. The van der Waals surface area contributed by atoms with E-state index < -0.39 is 0 Å². The standard InChI is InChI=1S/C23H22N6O2S2/c1-3-13-28(22-25-18(14-32-22)16-9-5-4-6-10-16)20(30)15-33-23-27-26-21(29(23)24)17-11-7-8-12-19(17)31-2/h3-12,14H,1,13,15,24H2,2H3. The van der Waals surface area contributed by atoms with E-state index in [9.17, 15) is 4.79 Å². The van der Waals surface area contributed by atoms with Crippen LogP contribution in [0, 0.1) is 0 Å². The van der Waals surface area contributed by atoms with E-state index in [1.165, 1.54) is 27.8 Å². The van der Waals surface area contributed by atoms with Gasteiger partial charge in [0.1, 0.15) is 5.75 Å². The van der Waals surface area contributed by atoms with Crippen molar-refractivity contribution in [2.24, 2.45) is 0 Å². The number of para-hydroxylation sites is 1. The van der Waals surface area contributed by atoms with Crippen LogP contribution in [-0.2, 0) is 4.79 Å². The summed E-state index contributed by atoms with van der Waals surface area (Å²) in [6.07, 6.45) is 1.68. The summed E-state index contributed by atoms with van der Waals surface area (Å²) < 4.78 is 6.75. The molecule has 0 unspecified atom stereocenters. The molecule has 168 valence electrons. The number of carbonyl (C=O) groups is 1. The molecule has 0 radical (unpaired) electrons. The number of thioether (sulfide) groups is 1. The van der Waals surface area contributed by atoms with E-state index in [2.05, 4.69) is 21.8 Å². The quantitative estimate of drug-likeness (QED) is 0.220. The highest BCUT2D eigenvalue weighted by atomic mass is 32.2. The monoisotopic (exact) mass is 478 g/mol. The summed E-state index contributed by atoms with van der Waals surface area (Å²) in [7, 11) is 1.58. The fourth-order valence-corrected chi connectivity index (χ4v) is 4.73. The van der Waals surface area contributed by atoms with Crippen LogP contribution < -0.4 is 15.5 Å². The molecule has 0 saturated heterocycles. The fourth-order valence-electron chi connectivity index (χ4n) is 3.14. The predicted molar refractivity (Wildman–Crippen MR) is 133 cm³/mol. The number of methoxy groups -OCH3 is 1. The molecule has 4 rings (SSSR count). The number of hydrogen-bond donors (Lipinski definition) is 1. The smallest absolute Gasteiger partial charge is 0.239 e. The summed E-state index contributed by atoms with van der Waals surface area (Å²) in [4.78, 5) is 19.3. The lowest BCUT2D eigenvalue weighted by Gasteiger charge is -2.17. The molecule has 0 aliphatic rings. The zero-order valence-corrected chi connectivity index (χ0v) is 19.6. The summed E-state index contributed by atoms with van der Waals surface area (Å²) in [6.45, 7) is 4.13. The highest BCUT2D eigenvalue weighted by molar-refractivity contribution is 7.99. The number of benzene rings is 2. The van der Waals surface area contributed by atoms with Crippen molar-refractivity contribution >= 4 is 34.1 Å². The average molecular weight is 479 g/mol. The molecule has 0 fully saturated rings. The molecule has 0 spiro atoms. The van der Waals surface area contributed by atoms with Gasteiger partial charge in [-0.2, -0.15) is 0 Å². The number of anilines is 1. The highest BCUT2D eigenvalue weighted by Crippen LogP contribution is 2.30. The van der Waals surface area contributed by atoms with Crippen molar-refractivity contribution in [2.75, 3.05) is 30.1 Å². The lowest BCUT2D eigenvalue weighted by Crippen LogP contribution is -2.32. The second-order valence-corrected chi connectivity index (χ2v) is 8.62. The Morgan fingerprint density at radius 2 is 1.97 bits per heavy atom. The second-order valence-electron chi connectivity index (χ2n) is 6.84. The van der Waals surface area contributed by atoms with E-state index in [0.717, 1.165) is 16.8 Å². The first-order valence-electron chi connectivity index (χ1n) is 10.0. The Bertz CT molecular complexity index is 1250. The number of nitrogen functional groups attached to an aromatic ring is 1. The summed E-state index contributed by atoms with van der Waals surface area (Å²) in [6, 6.07) is 17.3. The molecule has 2 N–H and O–H groups in total. The second kappa shape index (κ2) is 10.3. The number of nitrogens with zero attached hydrogens (tertiary/aromatic N) is 5. The van der Waals surface area contributed by atoms with Gasteiger partial charge in [0.15, 0.2) is 11.0 Å². The molecule has 33 heavy (non-hydrogen) atoms. The van der Waals surface area contributed by atoms with E-state index in [-0.39, 0.29) is 11.7 Å². The minimum atomic E-state index is -0.129. The van der Waals surface area contributed by atoms with Crippen LogP contribution in [0.3, 0.4) is 0 Å². The largest absolute Gasteiger partial charge is 0.496 e. The first-order chi connectivity index (χ1) is 16.1. The van der Waals surface area contributed by atoms with Crippen molar-refractivity contribution < 1.29 is 9.53 Å². The number of thiazole rings is 1. The van der Waals surface area contributed by atoms with Gasteiger partial charge in [0.25, 0.3) is 0 Å². The van der Waals surface area contributed by atoms with Gasteiger partial charge in [0, 0.05) is 17.5 Å². The Hall–Kier alpha value is -3.63. The highest BCUT2D eigenvalue weighted by Gasteiger charge is 2.21. The van der Waals surface area contributed by atoms with Gasteiger partial charge in [-0.05, 0) is 12.1 Å². The number of carbonyl (C=O) groups excluding carboxylic acids is 1. The molecule has 2 aromatic carbocycles. The maximum Gasteiger partial charge on any atom is 0.239 e. The normalized spacial score (nSPS) is 10.7. The number of amides is 1. The van der Waals surface area contributed by atoms with Crippen molar-refractivity contribution in [2.45, 2.75) is 5.16 Å². The molecule has 8 nitrogen and oxygen atoms in total. The third-order valence-electron chi connectivity index (χ3n) is 4.74. The van der Waals surface area contributed by atoms with E-state index >= 15 is 0 Å². The number of aromatic nitrogens is 4. The van der Waals surface area contributed by atoms with E-state index in [1.54, 1.807) is 18.1 Å². The number of rotatable bonds is 9. The van der Waals surface area contributed by atoms with Crippen LogP contribution in [0.25, 0.3) is 22.6 Å². The van der Waals surface area contributed by atoms with E-state index in [4.69, 9.17) is 10.6 Å². The lowest BCUT2D eigenvalue weighted by atomic mass is 10.2. The van der Waals surface area contributed by atoms with Gasteiger partial charge in [-0.3, -0.25) is 9.69 Å². The SMILES string of the molecule is C=CCN(C(=O)CSc1nnc(-c2ccccc2OC)n1N)c1nc(-c2ccccc2)cs1. The molecule has 1 amide bonds. The fraction of sp³-hybridized carbons (Fsp3) is 0.130. The summed E-state index contributed by atoms with van der Waals surface area (Å²) in [5.41, 5.74) is 2.55. The molecule has 0 atom stereocenters. The third-order valence-corrected chi connectivity index (χ3v) is 6.53. The molecular formula is C23H22N6O2S2. The van der Waals surface area contributed by atoms with Gasteiger partial charge in [0.2, 0.25) is 11.1 Å². The van der Waals surface area contributed by atoms with Gasteiger partial charge in [-0.15, -0.1) is 28.1 Å². The summed E-state index contributed by atoms with van der Waals surface area (Å²) in [5, 5.41) is 11.3. The molecule has 0 bridgehead atoms. The van der Waals surface area contributed by atoms with Crippen LogP contribution in [0.1, 0.15) is 0 Å². The van der Waals surface area contributed by atoms with E-state index in [0.29, 0.717) is 28.4 Å². The van der Waals surface area contributed by atoms with E-state index in [1.807, 2.05) is 60.0 Å². The molecule has 2 heterocycles. The molecule has 0 aliphatic carbocycles. The Balaban J connectivity index is 1.49. The van der Waals surface area contributed by atoms with Crippen LogP contribution in [0.5, 0.6) is 5.75 Å². The van der Waals surface area contributed by atoms with Crippen LogP contribution >= 0.6 is 23.1 Å². The summed E-state index contributed by atoms with van der Waals surface area (Å²) in [5.74, 6) is 7.31. The lowest BCUT2D eigenvalue weighted by molar-refractivity contribution is -0.116. The van der Waals surface area contributed by atoms with Crippen LogP contribution in [-0.4, -0.2) is 45.2 Å². The third kappa shape index (κ3) is 4.91. The van der Waals surface area contributed by atoms with Crippen molar-refractivity contribution in [1.29, 1.82) is 0 Å². The van der Waals surface area contributed by atoms with Gasteiger partial charge in [-0.25, -0.2) is 9.66 Å². The first-order valence-corrected chi connectivity index (χ1v) is 11.9. The minimum Gasteiger partial charge on any atom is -0.496 e. The van der Waals surface area contributed by atoms with Crippen molar-refractivity contribution in [1.82, 2.24) is 19.9 Å². The van der Waals surface area contributed by atoms with Crippen LogP contribution in [0.15, 0.2) is 77.8 Å². The number of nitrogens with two attached hydrogens (primary N) is 1. The molecule has 0 aliphatic heterocycles. The Kier molecular flexibility index (Phi) is 7.06. The molecule has 2 aromatic heterocycles. The van der Waals surface area contributed by atoms with Gasteiger partial charge in [-0.1, -0.05) is 60.3 Å². The van der Waals surface area contributed by atoms with Crippen molar-refractivity contribution in [3.63, 3.8) is 0 Å². The van der Waals surface area contributed by atoms with Crippen LogP contribution in [0.2, 0.25) is 0 Å². The zero-order valence-electron chi connectivity index (χ0n) is 17.9. The first kappa shape index (κ1) is 22.6. The van der Waals surface area contributed by atoms with Gasteiger partial charge >= 0.3 is 0 Å². The minimum absolute atomic E-state index is 0.120. The van der Waals surface area contributed by atoms with Gasteiger partial charge in [0.05, 0.1) is 24.1 Å². The number of hydrogen-bond acceptors (Lipinski definition) is 8. The maximum atomic E-state index is 13.0. The maximum absolute atomic E-state index is 13.0. The average Bonchev–Trinajstić information content (AvgIpc) is 3.48. The summed E-state index contributed by atoms with van der Waals surface area (Å²) >= 11 is 2.63. The van der Waals surface area contributed by atoms with Crippen LogP contribution in [0.4, 0.5) is 5.13 Å². The zero-order chi connectivity index (χ0) is 23.2. The Labute approximate surface area is 199 Å². The predicted octanol–water partition coefficient (Wildman–Crippen LogP) is 4.10. The van der Waals surface area contributed by atoms with Crippen molar-refractivity contribution in [3.8, 4) is 28.4 Å². The Morgan fingerprint density at radius 1 is 1.21 bits per heavy atom. The van der Waals surface area contributed by atoms with Crippen molar-refractivity contribution in [3.05, 3.63) is 72.6 Å². The molecule has 0 saturated carbocycles. The Morgan fingerprint density at radius 3 is 2.73 bits per heavy atom. The number of ether oxygens (including phenoxy) is 1. The molecule has 4 aromatic rings. The molecular weight excluding hydrogens is 456 g/mol.